The van der Waals surface area contributed by atoms with Crippen molar-refractivity contribution in [3.05, 3.63) is 57.3 Å². The van der Waals surface area contributed by atoms with Crippen LogP contribution >= 0.6 is 46.1 Å². The summed E-state index contributed by atoms with van der Waals surface area (Å²) in [4.78, 5) is 0.594. The number of nitrogens with zero attached hydrogens (tertiary/aromatic N) is 4. The largest absolute Gasteiger partial charge is 0.235 e. The van der Waals surface area contributed by atoms with Gasteiger partial charge in [-0.2, -0.15) is 9.61 Å². The molecule has 0 aliphatic rings. The Kier molecular flexibility index (Phi) is 3.92. The van der Waals surface area contributed by atoms with Gasteiger partial charge in [0.1, 0.15) is 10.8 Å². The van der Waals surface area contributed by atoms with Crippen molar-refractivity contribution in [2.75, 3.05) is 0 Å². The maximum Gasteiger partial charge on any atom is 0.235 e. The topological polar surface area (TPSA) is 43.1 Å². The quantitative estimate of drug-likeness (QED) is 0.439. The summed E-state index contributed by atoms with van der Waals surface area (Å²) in [5.74, 6) is -0.0174. The van der Waals surface area contributed by atoms with Gasteiger partial charge < -0.3 is 0 Å². The summed E-state index contributed by atoms with van der Waals surface area (Å²) >= 11 is 19.3. The second-order valence-corrected chi connectivity index (χ2v) is 7.15. The van der Waals surface area contributed by atoms with E-state index in [-0.39, 0.29) is 5.02 Å². The van der Waals surface area contributed by atoms with E-state index in [0.717, 1.165) is 5.56 Å². The zero-order valence-electron chi connectivity index (χ0n) is 11.7. The van der Waals surface area contributed by atoms with Crippen molar-refractivity contribution in [3.8, 4) is 22.0 Å². The predicted octanol–water partition coefficient (Wildman–Crippen LogP) is 5.62. The Morgan fingerprint density at radius 1 is 0.917 bits per heavy atom. The van der Waals surface area contributed by atoms with E-state index in [9.17, 15) is 4.39 Å². The Morgan fingerprint density at radius 2 is 1.67 bits per heavy atom. The molecule has 9 heteroatoms. The van der Waals surface area contributed by atoms with E-state index in [4.69, 9.17) is 34.8 Å². The van der Waals surface area contributed by atoms with Gasteiger partial charge >= 0.3 is 0 Å². The molecule has 0 aliphatic carbocycles. The minimum Gasteiger partial charge on any atom is -0.205 e. The minimum absolute atomic E-state index is 0.0151. The van der Waals surface area contributed by atoms with Crippen molar-refractivity contribution in [2.24, 2.45) is 0 Å². The maximum atomic E-state index is 13.3. The highest BCUT2D eigenvalue weighted by Gasteiger charge is 2.16. The second-order valence-electron chi connectivity index (χ2n) is 4.91. The van der Waals surface area contributed by atoms with Crippen LogP contribution in [0, 0.1) is 5.82 Å². The molecule has 24 heavy (non-hydrogen) atoms. The molecular formula is C15H6Cl3FN4S. The van der Waals surface area contributed by atoms with Gasteiger partial charge in [-0.05, 0) is 36.4 Å². The zero-order chi connectivity index (χ0) is 16.8. The first-order valence-electron chi connectivity index (χ1n) is 6.65. The maximum absolute atomic E-state index is 13.3. The SMILES string of the molecule is Fc1ccc(-c2nnc3sc(-c4cc(Cl)cc(Cl)c4)nn23)cc1Cl. The van der Waals surface area contributed by atoms with Gasteiger partial charge in [0.25, 0.3) is 0 Å². The lowest BCUT2D eigenvalue weighted by molar-refractivity contribution is 0.628. The molecule has 0 radical (unpaired) electrons. The summed E-state index contributed by atoms with van der Waals surface area (Å²) in [5.41, 5.74) is 1.40. The molecule has 4 aromatic rings. The summed E-state index contributed by atoms with van der Waals surface area (Å²) in [6, 6.07) is 9.54. The van der Waals surface area contributed by atoms with E-state index in [1.54, 1.807) is 28.8 Å². The van der Waals surface area contributed by atoms with Crippen molar-refractivity contribution in [3.63, 3.8) is 0 Å². The van der Waals surface area contributed by atoms with E-state index < -0.39 is 5.82 Å². The fraction of sp³-hybridized carbons (Fsp3) is 0. The molecule has 4 nitrogen and oxygen atoms in total. The van der Waals surface area contributed by atoms with Crippen molar-refractivity contribution in [2.45, 2.75) is 0 Å². The Hall–Kier alpha value is -1.73. The van der Waals surface area contributed by atoms with Crippen LogP contribution in [0.1, 0.15) is 0 Å². The molecule has 0 atom stereocenters. The number of rotatable bonds is 2. The summed E-state index contributed by atoms with van der Waals surface area (Å²) in [6.45, 7) is 0. The van der Waals surface area contributed by atoms with Crippen molar-refractivity contribution >= 4 is 51.1 Å². The highest BCUT2D eigenvalue weighted by atomic mass is 35.5. The van der Waals surface area contributed by atoms with Crippen molar-refractivity contribution in [1.29, 1.82) is 0 Å². The van der Waals surface area contributed by atoms with Crippen LogP contribution in [0.5, 0.6) is 0 Å². The number of halogens is 4. The molecule has 0 aliphatic heterocycles. The van der Waals surface area contributed by atoms with Gasteiger partial charge in [-0.3, -0.25) is 0 Å². The molecule has 0 spiro atoms. The lowest BCUT2D eigenvalue weighted by Crippen LogP contribution is -1.92. The van der Waals surface area contributed by atoms with Gasteiger partial charge in [0, 0.05) is 21.2 Å². The Labute approximate surface area is 154 Å². The van der Waals surface area contributed by atoms with Crippen LogP contribution in [-0.2, 0) is 0 Å². The highest BCUT2D eigenvalue weighted by Crippen LogP contribution is 2.32. The second kappa shape index (κ2) is 5.97. The lowest BCUT2D eigenvalue weighted by Gasteiger charge is -2.00. The van der Waals surface area contributed by atoms with E-state index in [2.05, 4.69) is 15.3 Å². The van der Waals surface area contributed by atoms with E-state index in [0.29, 0.717) is 31.4 Å². The molecule has 0 saturated carbocycles. The third kappa shape index (κ3) is 2.75. The number of hydrogen-bond donors (Lipinski definition) is 0. The normalized spacial score (nSPS) is 11.3. The molecule has 4 rings (SSSR count). The van der Waals surface area contributed by atoms with Crippen LogP contribution in [0.4, 0.5) is 4.39 Å². The van der Waals surface area contributed by atoms with Gasteiger partial charge in [-0.25, -0.2) is 4.39 Å². The first-order chi connectivity index (χ1) is 11.5. The van der Waals surface area contributed by atoms with Crippen molar-refractivity contribution < 1.29 is 4.39 Å². The lowest BCUT2D eigenvalue weighted by atomic mass is 10.2. The molecule has 0 N–H and O–H groups in total. The molecule has 0 fully saturated rings. The molecule has 0 bridgehead atoms. The van der Waals surface area contributed by atoms with Crippen LogP contribution < -0.4 is 0 Å². The van der Waals surface area contributed by atoms with E-state index >= 15 is 0 Å². The first-order valence-corrected chi connectivity index (χ1v) is 8.60. The van der Waals surface area contributed by atoms with Gasteiger partial charge in [0.05, 0.1) is 5.02 Å². The van der Waals surface area contributed by atoms with Crippen molar-refractivity contribution in [1.82, 2.24) is 19.8 Å². The number of aromatic nitrogens is 4. The molecule has 0 unspecified atom stereocenters. The smallest absolute Gasteiger partial charge is 0.205 e. The Morgan fingerprint density at radius 3 is 2.38 bits per heavy atom. The van der Waals surface area contributed by atoms with E-state index in [1.165, 1.54) is 23.5 Å². The van der Waals surface area contributed by atoms with Crippen LogP contribution in [0.15, 0.2) is 36.4 Å². The fourth-order valence-electron chi connectivity index (χ4n) is 2.23. The summed E-state index contributed by atoms with van der Waals surface area (Å²) < 4.78 is 14.9. The molecule has 0 amide bonds. The molecule has 2 aromatic carbocycles. The number of benzene rings is 2. The fourth-order valence-corrected chi connectivity index (χ4v) is 3.76. The third-order valence-electron chi connectivity index (χ3n) is 3.28. The van der Waals surface area contributed by atoms with Gasteiger partial charge in [-0.15, -0.1) is 10.2 Å². The molecule has 120 valence electrons. The minimum atomic E-state index is -0.492. The summed E-state index contributed by atoms with van der Waals surface area (Å²) in [7, 11) is 0. The first kappa shape index (κ1) is 15.8. The van der Waals surface area contributed by atoms with Gasteiger partial charge in [-0.1, -0.05) is 46.1 Å². The van der Waals surface area contributed by atoms with Gasteiger partial charge in [0.2, 0.25) is 4.96 Å². The predicted molar refractivity (Wildman–Crippen MR) is 94.5 cm³/mol. The molecule has 2 heterocycles. The van der Waals surface area contributed by atoms with E-state index in [1.807, 2.05) is 0 Å². The third-order valence-corrected chi connectivity index (χ3v) is 4.95. The molecular weight excluding hydrogens is 394 g/mol. The van der Waals surface area contributed by atoms with Crippen LogP contribution in [0.25, 0.3) is 26.9 Å². The Bertz CT molecular complexity index is 1060. The summed E-state index contributed by atoms with van der Waals surface area (Å²) in [6.07, 6.45) is 0. The van der Waals surface area contributed by atoms with Gasteiger partial charge in [0.15, 0.2) is 5.82 Å². The van der Waals surface area contributed by atoms with Crippen LogP contribution in [0.3, 0.4) is 0 Å². The standard InChI is InChI=1S/C15H6Cl3FN4S/c16-9-3-8(4-10(17)6-9)14-22-23-13(20-21-15(23)24-14)7-1-2-12(19)11(18)5-7/h1-6H. The summed E-state index contributed by atoms with van der Waals surface area (Å²) in [5, 5.41) is 14.5. The number of fused-ring (bicyclic) bond motifs is 1. The highest BCUT2D eigenvalue weighted by molar-refractivity contribution is 7.19. The molecule has 2 aromatic heterocycles. The monoisotopic (exact) mass is 398 g/mol. The van der Waals surface area contributed by atoms with Crippen LogP contribution in [-0.4, -0.2) is 19.8 Å². The average Bonchev–Trinajstić information content (AvgIpc) is 3.09. The zero-order valence-corrected chi connectivity index (χ0v) is 14.8. The van der Waals surface area contributed by atoms with Crippen LogP contribution in [0.2, 0.25) is 15.1 Å². The average molecular weight is 400 g/mol. The molecule has 0 saturated heterocycles. The number of hydrogen-bond acceptors (Lipinski definition) is 4. The Balaban J connectivity index is 1.85.